The fourth-order valence-electron chi connectivity index (χ4n) is 5.27. The molecule has 0 radical (unpaired) electrons. The van der Waals surface area contributed by atoms with Crippen molar-refractivity contribution in [2.45, 2.75) is 40.0 Å². The summed E-state index contributed by atoms with van der Waals surface area (Å²) in [4.78, 5) is 12.4. The average molecular weight is 512 g/mol. The smallest absolute Gasteiger partial charge is 0.163 e. The quantitative estimate of drug-likeness (QED) is 0.424. The Morgan fingerprint density at radius 2 is 2.03 bits per heavy atom. The van der Waals surface area contributed by atoms with Crippen LogP contribution in [0, 0.1) is 26.2 Å². The molecule has 0 atom stereocenters. The maximum absolute atomic E-state index is 6.68. The number of nitrogens with zero attached hydrogens (tertiary/aromatic N) is 4. The highest BCUT2D eigenvalue weighted by Crippen LogP contribution is 2.43. The number of halogens is 1. The number of benzene rings is 1. The number of aryl methyl sites for hydroxylation is 2. The van der Waals surface area contributed by atoms with E-state index < -0.39 is 0 Å². The number of nitrogens with one attached hydrogen (secondary N) is 1. The molecule has 0 amide bonds. The molecule has 0 unspecified atom stereocenters. The second-order valence-electron chi connectivity index (χ2n) is 10.0. The van der Waals surface area contributed by atoms with Gasteiger partial charge in [0.15, 0.2) is 5.82 Å². The summed E-state index contributed by atoms with van der Waals surface area (Å²) in [6.45, 7) is 11.0. The molecule has 2 aliphatic rings. The van der Waals surface area contributed by atoms with Crippen molar-refractivity contribution in [1.82, 2.24) is 20.4 Å². The second kappa shape index (κ2) is 10.4. The van der Waals surface area contributed by atoms with Crippen LogP contribution in [0.3, 0.4) is 0 Å². The summed E-state index contributed by atoms with van der Waals surface area (Å²) in [5.74, 6) is 2.97. The van der Waals surface area contributed by atoms with Gasteiger partial charge >= 0.3 is 0 Å². The van der Waals surface area contributed by atoms with Crippen molar-refractivity contribution in [1.29, 1.82) is 0 Å². The first-order valence-electron chi connectivity index (χ1n) is 12.6. The zero-order valence-electron chi connectivity index (χ0n) is 21.5. The molecule has 36 heavy (non-hydrogen) atoms. The fraction of sp³-hybridized carbons (Fsp3) is 0.519. The maximum atomic E-state index is 6.68. The summed E-state index contributed by atoms with van der Waals surface area (Å²) < 4.78 is 17.3. The molecule has 1 N–H and O–H groups in total. The number of aromatic nitrogens is 3. The number of hydrogen-bond acceptors (Lipinski definition) is 8. The molecule has 4 heterocycles. The van der Waals surface area contributed by atoms with Gasteiger partial charge in [-0.2, -0.15) is 0 Å². The van der Waals surface area contributed by atoms with E-state index in [1.807, 2.05) is 39.1 Å². The zero-order valence-corrected chi connectivity index (χ0v) is 22.2. The van der Waals surface area contributed by atoms with Gasteiger partial charge in [-0.1, -0.05) is 16.8 Å². The molecule has 0 aliphatic carbocycles. The first-order chi connectivity index (χ1) is 17.4. The van der Waals surface area contributed by atoms with E-state index in [0.29, 0.717) is 17.5 Å². The van der Waals surface area contributed by atoms with Crippen molar-refractivity contribution in [2.24, 2.45) is 5.41 Å². The molecule has 2 fully saturated rings. The zero-order chi connectivity index (χ0) is 25.3. The third-order valence-electron chi connectivity index (χ3n) is 7.16. The van der Waals surface area contributed by atoms with E-state index in [2.05, 4.69) is 22.3 Å². The van der Waals surface area contributed by atoms with Crippen molar-refractivity contribution in [3.8, 4) is 28.4 Å². The minimum absolute atomic E-state index is 0.220. The van der Waals surface area contributed by atoms with Gasteiger partial charge in [0.2, 0.25) is 0 Å². The number of ether oxygens (including phenoxy) is 2. The number of rotatable bonds is 8. The summed E-state index contributed by atoms with van der Waals surface area (Å²) >= 11 is 6.68. The van der Waals surface area contributed by atoms with Gasteiger partial charge in [-0.25, -0.2) is 9.97 Å². The van der Waals surface area contributed by atoms with Crippen LogP contribution in [-0.2, 0) is 4.74 Å². The molecule has 8 nitrogen and oxygen atoms in total. The summed E-state index contributed by atoms with van der Waals surface area (Å²) in [5.41, 5.74) is 4.51. The van der Waals surface area contributed by atoms with Crippen LogP contribution in [0.5, 0.6) is 5.75 Å². The maximum Gasteiger partial charge on any atom is 0.163 e. The first-order valence-corrected chi connectivity index (χ1v) is 13.0. The third-order valence-corrected chi connectivity index (χ3v) is 7.49. The SMILES string of the molecule is CNCCCOc1ccc(Cl)c(-c2nc(-c3c(C)noc3C)c(C)c(N3CC4(CCCOC4)C3)n2)c1. The standard InChI is InChI=1S/C27H34ClN5O3/c1-17-24(23-18(2)32-36-19(23)3)30-25(21-13-20(7-8-22(21)28)35-12-6-10-29-4)31-26(17)33-14-27(15-33)9-5-11-34-16-27/h7-8,13,29H,5-6,9-12,14-16H2,1-4H3. The highest BCUT2D eigenvalue weighted by molar-refractivity contribution is 6.33. The molecular formula is C27H34ClN5O3. The average Bonchev–Trinajstić information content (AvgIpc) is 3.20. The minimum atomic E-state index is 0.220. The first kappa shape index (κ1) is 25.0. The van der Waals surface area contributed by atoms with Crippen molar-refractivity contribution < 1.29 is 14.0 Å². The lowest BCUT2D eigenvalue weighted by Gasteiger charge is -2.52. The highest BCUT2D eigenvalue weighted by atomic mass is 35.5. The Kier molecular flexibility index (Phi) is 7.19. The largest absolute Gasteiger partial charge is 0.494 e. The predicted octanol–water partition coefficient (Wildman–Crippen LogP) is 4.98. The van der Waals surface area contributed by atoms with Crippen LogP contribution >= 0.6 is 11.6 Å². The molecule has 192 valence electrons. The Hall–Kier alpha value is -2.68. The van der Waals surface area contributed by atoms with Crippen LogP contribution in [0.4, 0.5) is 5.82 Å². The Bertz CT molecular complexity index is 1210. The van der Waals surface area contributed by atoms with Crippen molar-refractivity contribution >= 4 is 17.4 Å². The number of anilines is 1. The molecular weight excluding hydrogens is 478 g/mol. The van der Waals surface area contributed by atoms with Gasteiger partial charge in [-0.15, -0.1) is 0 Å². The van der Waals surface area contributed by atoms with E-state index in [9.17, 15) is 0 Å². The van der Waals surface area contributed by atoms with Crippen LogP contribution in [0.1, 0.15) is 36.3 Å². The summed E-state index contributed by atoms with van der Waals surface area (Å²) in [6, 6.07) is 5.67. The van der Waals surface area contributed by atoms with Gasteiger partial charge in [0.05, 0.1) is 35.2 Å². The predicted molar refractivity (Wildman–Crippen MR) is 141 cm³/mol. The van der Waals surface area contributed by atoms with Crippen LogP contribution in [0.15, 0.2) is 22.7 Å². The molecule has 2 saturated heterocycles. The third kappa shape index (κ3) is 4.82. The molecule has 1 spiro atoms. The van der Waals surface area contributed by atoms with Crippen LogP contribution in [0.2, 0.25) is 5.02 Å². The molecule has 1 aromatic carbocycles. The van der Waals surface area contributed by atoms with Gasteiger partial charge in [0.1, 0.15) is 17.3 Å². The van der Waals surface area contributed by atoms with E-state index in [1.165, 1.54) is 6.42 Å². The van der Waals surface area contributed by atoms with Crippen molar-refractivity contribution in [3.05, 3.63) is 40.2 Å². The van der Waals surface area contributed by atoms with Gasteiger partial charge in [-0.3, -0.25) is 0 Å². The Balaban J connectivity index is 1.54. The lowest BCUT2D eigenvalue weighted by molar-refractivity contribution is -0.0237. The van der Waals surface area contributed by atoms with E-state index in [4.69, 9.17) is 35.6 Å². The van der Waals surface area contributed by atoms with E-state index in [1.54, 1.807) is 0 Å². The van der Waals surface area contributed by atoms with Crippen LogP contribution < -0.4 is 15.0 Å². The topological polar surface area (TPSA) is 85.5 Å². The molecule has 3 aromatic rings. The molecule has 5 rings (SSSR count). The molecule has 0 bridgehead atoms. The monoisotopic (exact) mass is 511 g/mol. The van der Waals surface area contributed by atoms with Crippen LogP contribution in [0.25, 0.3) is 22.6 Å². The Labute approximate surface area is 217 Å². The fourth-order valence-corrected chi connectivity index (χ4v) is 5.48. The summed E-state index contributed by atoms with van der Waals surface area (Å²) in [6.07, 6.45) is 3.22. The lowest BCUT2D eigenvalue weighted by atomic mass is 9.75. The highest BCUT2D eigenvalue weighted by Gasteiger charge is 2.45. The summed E-state index contributed by atoms with van der Waals surface area (Å²) in [7, 11) is 1.94. The lowest BCUT2D eigenvalue weighted by Crippen LogP contribution is -2.60. The normalized spacial score (nSPS) is 16.9. The van der Waals surface area contributed by atoms with Crippen molar-refractivity contribution in [2.75, 3.05) is 51.4 Å². The summed E-state index contributed by atoms with van der Waals surface area (Å²) in [5, 5.41) is 7.90. The van der Waals surface area contributed by atoms with Crippen LogP contribution in [-0.4, -0.2) is 61.6 Å². The molecule has 2 aliphatic heterocycles. The number of hydrogen-bond donors (Lipinski definition) is 1. The van der Waals surface area contributed by atoms with E-state index >= 15 is 0 Å². The molecule has 0 saturated carbocycles. The van der Waals surface area contributed by atoms with E-state index in [-0.39, 0.29) is 5.41 Å². The van der Waals surface area contributed by atoms with Gasteiger partial charge in [0.25, 0.3) is 0 Å². The second-order valence-corrected chi connectivity index (χ2v) is 10.4. The molecule has 2 aromatic heterocycles. The van der Waals surface area contributed by atoms with E-state index in [0.717, 1.165) is 91.1 Å². The van der Waals surface area contributed by atoms with Gasteiger partial charge in [-0.05, 0) is 71.8 Å². The Morgan fingerprint density at radius 1 is 1.19 bits per heavy atom. The Morgan fingerprint density at radius 3 is 2.72 bits per heavy atom. The molecule has 9 heteroatoms. The minimum Gasteiger partial charge on any atom is -0.494 e. The van der Waals surface area contributed by atoms with Gasteiger partial charge < -0.3 is 24.2 Å². The van der Waals surface area contributed by atoms with Crippen molar-refractivity contribution in [3.63, 3.8) is 0 Å². The van der Waals surface area contributed by atoms with Gasteiger partial charge in [0, 0.05) is 36.2 Å².